The first-order valence-corrected chi connectivity index (χ1v) is 15.6. The Labute approximate surface area is 268 Å². The summed E-state index contributed by atoms with van der Waals surface area (Å²) in [6.45, 7) is 0.451. The lowest BCUT2D eigenvalue weighted by atomic mass is 10.0. The topological polar surface area (TPSA) is 88.0 Å². The van der Waals surface area contributed by atoms with E-state index in [-0.39, 0.29) is 11.7 Å². The molecule has 6 aromatic carbocycles. The molecular formula is C40H35N5O. The van der Waals surface area contributed by atoms with Crippen molar-refractivity contribution in [3.05, 3.63) is 155 Å². The van der Waals surface area contributed by atoms with Crippen molar-refractivity contribution >= 4 is 50.0 Å². The highest BCUT2D eigenvalue weighted by Crippen LogP contribution is 2.29. The van der Waals surface area contributed by atoms with Crippen molar-refractivity contribution in [3.8, 4) is 0 Å². The standard InChI is InChI=1S/C40H35N5O/c1-44-37-22-21-33(25-36(37)43-38(44)23-18-27-16-19-30(20-17-27)40(41)42)45(26-32-13-7-11-29-9-3-5-15-35(29)32)39(46)24-31-12-6-10-28-8-2-4-14-34(28)31/h2-17,19-22,25H,18,23-24,26H2,1H3,(H3,41,42). The third kappa shape index (κ3) is 5.73. The van der Waals surface area contributed by atoms with E-state index >= 15 is 0 Å². The van der Waals surface area contributed by atoms with Crippen LogP contribution in [0.15, 0.2) is 127 Å². The van der Waals surface area contributed by atoms with E-state index < -0.39 is 0 Å². The molecule has 0 saturated heterocycles. The van der Waals surface area contributed by atoms with Crippen molar-refractivity contribution in [2.75, 3.05) is 4.90 Å². The molecule has 0 atom stereocenters. The van der Waals surface area contributed by atoms with Gasteiger partial charge in [0.05, 0.1) is 24.0 Å². The highest BCUT2D eigenvalue weighted by atomic mass is 16.2. The van der Waals surface area contributed by atoms with Gasteiger partial charge in [-0.15, -0.1) is 0 Å². The Balaban J connectivity index is 1.22. The van der Waals surface area contributed by atoms with E-state index in [2.05, 4.69) is 65.2 Å². The second-order valence-corrected chi connectivity index (χ2v) is 11.8. The Bertz CT molecular complexity index is 2220. The smallest absolute Gasteiger partial charge is 0.231 e. The molecule has 0 aliphatic carbocycles. The molecule has 1 aromatic heterocycles. The molecule has 0 spiro atoms. The maximum atomic E-state index is 14.3. The molecule has 6 nitrogen and oxygen atoms in total. The zero-order chi connectivity index (χ0) is 31.6. The van der Waals surface area contributed by atoms with Crippen LogP contribution in [0.4, 0.5) is 5.69 Å². The number of amides is 1. The van der Waals surface area contributed by atoms with Crippen molar-refractivity contribution in [3.63, 3.8) is 0 Å². The molecule has 0 saturated carbocycles. The van der Waals surface area contributed by atoms with Gasteiger partial charge in [0, 0.05) is 24.7 Å². The van der Waals surface area contributed by atoms with Crippen LogP contribution in [0.3, 0.4) is 0 Å². The number of nitrogen functional groups attached to an aromatic ring is 1. The fraction of sp³-hybridized carbons (Fsp3) is 0.125. The lowest BCUT2D eigenvalue weighted by Crippen LogP contribution is -2.32. The van der Waals surface area contributed by atoms with Crippen LogP contribution in [-0.2, 0) is 37.6 Å². The predicted molar refractivity (Wildman–Crippen MR) is 188 cm³/mol. The average Bonchev–Trinajstić information content (AvgIpc) is 3.40. The number of carbonyl (C=O) groups is 1. The molecular weight excluding hydrogens is 566 g/mol. The van der Waals surface area contributed by atoms with E-state index in [0.717, 1.165) is 79.2 Å². The summed E-state index contributed by atoms with van der Waals surface area (Å²) in [5, 5.41) is 12.2. The van der Waals surface area contributed by atoms with E-state index in [1.165, 1.54) is 0 Å². The minimum absolute atomic E-state index is 0.0359. The molecule has 0 unspecified atom stereocenters. The summed E-state index contributed by atoms with van der Waals surface area (Å²) in [6, 6.07) is 43.0. The van der Waals surface area contributed by atoms with Gasteiger partial charge in [-0.25, -0.2) is 4.98 Å². The first-order valence-electron chi connectivity index (χ1n) is 15.6. The summed E-state index contributed by atoms with van der Waals surface area (Å²) in [5.74, 6) is 1.09. The number of nitrogens with zero attached hydrogens (tertiary/aromatic N) is 3. The molecule has 7 aromatic rings. The van der Waals surface area contributed by atoms with Gasteiger partial charge in [-0.05, 0) is 62.9 Å². The Hall–Kier alpha value is -5.75. The van der Waals surface area contributed by atoms with E-state index in [1.807, 2.05) is 78.7 Å². The minimum Gasteiger partial charge on any atom is -0.384 e. The largest absolute Gasteiger partial charge is 0.384 e. The third-order valence-electron chi connectivity index (χ3n) is 8.90. The molecule has 7 rings (SSSR count). The van der Waals surface area contributed by atoms with E-state index in [9.17, 15) is 4.79 Å². The monoisotopic (exact) mass is 601 g/mol. The Morgan fingerprint density at radius 1 is 0.761 bits per heavy atom. The SMILES string of the molecule is Cn1c(CCc2ccc(C(=N)N)cc2)nc2cc(N(Cc3cccc4ccccc34)C(=O)Cc3cccc4ccccc34)ccc21. The van der Waals surface area contributed by atoms with Crippen molar-refractivity contribution in [2.45, 2.75) is 25.8 Å². The van der Waals surface area contributed by atoms with Crippen LogP contribution in [0.5, 0.6) is 0 Å². The zero-order valence-electron chi connectivity index (χ0n) is 25.8. The van der Waals surface area contributed by atoms with Crippen molar-refractivity contribution in [1.29, 1.82) is 5.41 Å². The van der Waals surface area contributed by atoms with Crippen LogP contribution in [-0.4, -0.2) is 21.3 Å². The molecule has 6 heteroatoms. The number of carbonyl (C=O) groups excluding carboxylic acids is 1. The van der Waals surface area contributed by atoms with Gasteiger partial charge in [-0.2, -0.15) is 0 Å². The zero-order valence-corrected chi connectivity index (χ0v) is 25.8. The molecule has 0 aliphatic rings. The Morgan fingerprint density at radius 2 is 1.39 bits per heavy atom. The molecule has 0 fully saturated rings. The van der Waals surface area contributed by atoms with Gasteiger partial charge in [0.25, 0.3) is 0 Å². The Morgan fingerprint density at radius 3 is 2.09 bits per heavy atom. The summed E-state index contributed by atoms with van der Waals surface area (Å²) in [4.78, 5) is 21.2. The fourth-order valence-corrected chi connectivity index (χ4v) is 6.37. The van der Waals surface area contributed by atoms with Crippen LogP contribution in [0.2, 0.25) is 0 Å². The number of imidazole rings is 1. The highest BCUT2D eigenvalue weighted by molar-refractivity contribution is 6.00. The molecule has 1 heterocycles. The number of nitrogens with one attached hydrogen (secondary N) is 1. The number of aryl methyl sites for hydroxylation is 3. The van der Waals surface area contributed by atoms with Crippen LogP contribution in [0, 0.1) is 5.41 Å². The van der Waals surface area contributed by atoms with Gasteiger partial charge in [0.1, 0.15) is 11.7 Å². The van der Waals surface area contributed by atoms with Gasteiger partial charge in [0.2, 0.25) is 5.91 Å². The summed E-state index contributed by atoms with van der Waals surface area (Å²) >= 11 is 0. The molecule has 0 aliphatic heterocycles. The van der Waals surface area contributed by atoms with Gasteiger partial charge >= 0.3 is 0 Å². The first kappa shape index (κ1) is 29.0. The molecule has 1 amide bonds. The molecule has 3 N–H and O–H groups in total. The number of fused-ring (bicyclic) bond motifs is 3. The van der Waals surface area contributed by atoms with Crippen molar-refractivity contribution in [2.24, 2.45) is 12.8 Å². The van der Waals surface area contributed by atoms with Gasteiger partial charge < -0.3 is 15.2 Å². The van der Waals surface area contributed by atoms with Crippen molar-refractivity contribution < 1.29 is 4.79 Å². The predicted octanol–water partition coefficient (Wildman–Crippen LogP) is 7.72. The number of aromatic nitrogens is 2. The highest BCUT2D eigenvalue weighted by Gasteiger charge is 2.20. The van der Waals surface area contributed by atoms with Gasteiger partial charge in [-0.3, -0.25) is 10.2 Å². The average molecular weight is 602 g/mol. The van der Waals surface area contributed by atoms with Crippen molar-refractivity contribution in [1.82, 2.24) is 9.55 Å². The Kier molecular flexibility index (Phi) is 7.77. The summed E-state index contributed by atoms with van der Waals surface area (Å²) < 4.78 is 2.13. The lowest BCUT2D eigenvalue weighted by molar-refractivity contribution is -0.118. The number of nitrogens with two attached hydrogens (primary N) is 1. The quantitative estimate of drug-likeness (QED) is 0.131. The van der Waals surface area contributed by atoms with E-state index in [4.69, 9.17) is 16.1 Å². The molecule has 226 valence electrons. The second kappa shape index (κ2) is 12.3. The summed E-state index contributed by atoms with van der Waals surface area (Å²) in [5.41, 5.74) is 12.3. The number of anilines is 1. The summed E-state index contributed by atoms with van der Waals surface area (Å²) in [6.07, 6.45) is 1.87. The number of hydrogen-bond acceptors (Lipinski definition) is 3. The second-order valence-electron chi connectivity index (χ2n) is 11.8. The summed E-state index contributed by atoms with van der Waals surface area (Å²) in [7, 11) is 2.04. The lowest BCUT2D eigenvalue weighted by Gasteiger charge is -2.24. The van der Waals surface area contributed by atoms with Gasteiger partial charge in [0.15, 0.2) is 0 Å². The number of rotatable bonds is 9. The van der Waals surface area contributed by atoms with Crippen LogP contribution < -0.4 is 10.6 Å². The number of benzene rings is 6. The van der Waals surface area contributed by atoms with Crippen LogP contribution in [0.25, 0.3) is 32.6 Å². The van der Waals surface area contributed by atoms with Gasteiger partial charge in [-0.1, -0.05) is 109 Å². The number of amidine groups is 1. The third-order valence-corrected chi connectivity index (χ3v) is 8.90. The van der Waals surface area contributed by atoms with E-state index in [1.54, 1.807) is 0 Å². The van der Waals surface area contributed by atoms with E-state index in [0.29, 0.717) is 13.0 Å². The maximum Gasteiger partial charge on any atom is 0.231 e. The molecule has 0 bridgehead atoms. The number of hydrogen-bond donors (Lipinski definition) is 2. The van der Waals surface area contributed by atoms with Crippen LogP contribution in [0.1, 0.15) is 28.1 Å². The normalized spacial score (nSPS) is 11.3. The fourth-order valence-electron chi connectivity index (χ4n) is 6.37. The molecule has 46 heavy (non-hydrogen) atoms. The first-order chi connectivity index (χ1) is 22.4. The molecule has 0 radical (unpaired) electrons. The minimum atomic E-state index is 0.0359. The van der Waals surface area contributed by atoms with Crippen LogP contribution >= 0.6 is 0 Å². The maximum absolute atomic E-state index is 14.3.